The molecule has 11 nitrogen and oxygen atoms in total. The van der Waals surface area contributed by atoms with Gasteiger partial charge in [0.15, 0.2) is 0 Å². The normalized spacial score (nSPS) is 9.60. The molecule has 0 atom stereocenters. The largest absolute Gasteiger partial charge is 0.465 e. The first-order valence-electron chi connectivity index (χ1n) is 4.90. The third kappa shape index (κ3) is 3.63. The van der Waals surface area contributed by atoms with Gasteiger partial charge in [0.05, 0.1) is 9.85 Å². The third-order valence-electron chi connectivity index (χ3n) is 2.08. The van der Waals surface area contributed by atoms with Crippen LogP contribution in [0.3, 0.4) is 0 Å². The number of carbonyl (C=O) groups excluding carboxylic acids is 1. The highest BCUT2D eigenvalue weighted by atomic mass is 16.6. The molecule has 0 aliphatic rings. The number of benzene rings is 1. The maximum atomic E-state index is 10.9. The second kappa shape index (κ2) is 6.08. The minimum atomic E-state index is -1.69. The topological polar surface area (TPSA) is 162 Å². The maximum absolute atomic E-state index is 10.9. The summed E-state index contributed by atoms with van der Waals surface area (Å²) in [6.07, 6.45) is -3.09. The monoisotopic (exact) mass is 285 g/mol. The van der Waals surface area contributed by atoms with Gasteiger partial charge in [-0.2, -0.15) is 0 Å². The van der Waals surface area contributed by atoms with Crippen molar-refractivity contribution in [3.05, 3.63) is 44.0 Å². The van der Waals surface area contributed by atoms with Gasteiger partial charge in [-0.1, -0.05) is 0 Å². The molecule has 0 aliphatic heterocycles. The van der Waals surface area contributed by atoms with Crippen molar-refractivity contribution in [2.45, 2.75) is 6.61 Å². The first-order valence-corrected chi connectivity index (χ1v) is 4.90. The lowest BCUT2D eigenvalue weighted by molar-refractivity contribution is -0.396. The van der Waals surface area contributed by atoms with Gasteiger partial charge in [0.2, 0.25) is 0 Å². The summed E-state index contributed by atoms with van der Waals surface area (Å²) >= 11 is 0. The molecule has 0 aliphatic carbocycles. The fraction of sp³-hybridized carbons (Fsp3) is 0.111. The number of imide groups is 1. The van der Waals surface area contributed by atoms with Crippen LogP contribution in [0.25, 0.3) is 0 Å². The summed E-state index contributed by atoms with van der Waals surface area (Å²) in [5, 5.41) is 31.1. The summed E-state index contributed by atoms with van der Waals surface area (Å²) in [4.78, 5) is 40.8. The molecule has 106 valence electrons. The average molecular weight is 285 g/mol. The Kier molecular flexibility index (Phi) is 4.51. The van der Waals surface area contributed by atoms with Crippen molar-refractivity contribution in [3.8, 4) is 0 Å². The third-order valence-corrected chi connectivity index (χ3v) is 2.08. The molecule has 2 amide bonds. The molecule has 0 bridgehead atoms. The maximum Gasteiger partial charge on any atom is 0.416 e. The Morgan fingerprint density at radius 3 is 2.10 bits per heavy atom. The van der Waals surface area contributed by atoms with Crippen LogP contribution in [-0.2, 0) is 11.3 Å². The number of rotatable bonds is 4. The number of carbonyl (C=O) groups is 2. The van der Waals surface area contributed by atoms with Crippen LogP contribution in [0.1, 0.15) is 5.56 Å². The molecule has 0 saturated heterocycles. The van der Waals surface area contributed by atoms with Crippen molar-refractivity contribution in [1.29, 1.82) is 0 Å². The lowest BCUT2D eigenvalue weighted by Crippen LogP contribution is -2.29. The molecular weight excluding hydrogens is 278 g/mol. The number of nitro benzene ring substituents is 2. The van der Waals surface area contributed by atoms with E-state index in [1.54, 1.807) is 0 Å². The van der Waals surface area contributed by atoms with Crippen LogP contribution in [0.5, 0.6) is 0 Å². The van der Waals surface area contributed by atoms with Gasteiger partial charge in [-0.15, -0.1) is 0 Å². The van der Waals surface area contributed by atoms with Crippen LogP contribution in [0.2, 0.25) is 0 Å². The summed E-state index contributed by atoms with van der Waals surface area (Å²) in [7, 11) is 0. The minimum absolute atomic E-state index is 0.442. The number of carboxylic acid groups (broad SMARTS) is 1. The van der Waals surface area contributed by atoms with Crippen molar-refractivity contribution in [1.82, 2.24) is 5.32 Å². The number of ether oxygens (including phenoxy) is 1. The minimum Gasteiger partial charge on any atom is -0.465 e. The number of nitrogens with zero attached hydrogens (tertiary/aromatic N) is 2. The van der Waals surface area contributed by atoms with E-state index in [0.29, 0.717) is 0 Å². The zero-order valence-corrected chi connectivity index (χ0v) is 9.64. The predicted molar refractivity (Wildman–Crippen MR) is 61.1 cm³/mol. The molecule has 1 aromatic carbocycles. The SMILES string of the molecule is O=C(O)NC(=O)OCc1c([N+](=O)[O-])cccc1[N+](=O)[O-]. The van der Waals surface area contributed by atoms with Crippen LogP contribution >= 0.6 is 0 Å². The molecule has 0 fully saturated rings. The second-order valence-corrected chi connectivity index (χ2v) is 3.30. The van der Waals surface area contributed by atoms with Gasteiger partial charge in [-0.05, 0) is 6.07 Å². The number of alkyl carbamates (subject to hydrolysis) is 1. The number of nitrogens with one attached hydrogen (secondary N) is 1. The molecular formula is C9H7N3O8. The molecule has 0 spiro atoms. The highest BCUT2D eigenvalue weighted by molar-refractivity contribution is 5.86. The van der Waals surface area contributed by atoms with E-state index in [2.05, 4.69) is 4.74 Å². The fourth-order valence-electron chi connectivity index (χ4n) is 1.31. The van der Waals surface area contributed by atoms with Gasteiger partial charge >= 0.3 is 12.2 Å². The summed E-state index contributed by atoms with van der Waals surface area (Å²) in [6, 6.07) is 3.11. The van der Waals surface area contributed by atoms with Gasteiger partial charge in [0.25, 0.3) is 11.4 Å². The second-order valence-electron chi connectivity index (χ2n) is 3.30. The lowest BCUT2D eigenvalue weighted by atomic mass is 10.1. The van der Waals surface area contributed by atoms with Crippen LogP contribution < -0.4 is 5.32 Å². The highest BCUT2D eigenvalue weighted by Gasteiger charge is 2.25. The standard InChI is InChI=1S/C9H7N3O8/c13-8(14)10-9(15)20-4-5-6(11(16)17)2-1-3-7(5)12(18)19/h1-3H,4H2,(H,10,15)(H,13,14). The van der Waals surface area contributed by atoms with Gasteiger partial charge in [0.1, 0.15) is 12.2 Å². The van der Waals surface area contributed by atoms with Crippen molar-refractivity contribution >= 4 is 23.6 Å². The summed E-state index contributed by atoms with van der Waals surface area (Å²) in [5.41, 5.74) is -1.66. The van der Waals surface area contributed by atoms with E-state index in [1.807, 2.05) is 0 Å². The summed E-state index contributed by atoms with van der Waals surface area (Å²) in [5.74, 6) is 0. The zero-order valence-electron chi connectivity index (χ0n) is 9.64. The Hall–Kier alpha value is -3.24. The van der Waals surface area contributed by atoms with Crippen LogP contribution in [-0.4, -0.2) is 27.1 Å². The predicted octanol–water partition coefficient (Wildman–Crippen LogP) is 1.41. The van der Waals surface area contributed by atoms with Crippen LogP contribution in [0.15, 0.2) is 18.2 Å². The smallest absolute Gasteiger partial charge is 0.416 e. The zero-order chi connectivity index (χ0) is 15.3. The molecule has 0 unspecified atom stereocenters. The van der Waals surface area contributed by atoms with Crippen molar-refractivity contribution in [2.24, 2.45) is 0 Å². The molecule has 0 heterocycles. The Balaban J connectivity index is 3.02. The van der Waals surface area contributed by atoms with Crippen molar-refractivity contribution < 1.29 is 29.3 Å². The quantitative estimate of drug-likeness (QED) is 0.619. The van der Waals surface area contributed by atoms with Gasteiger partial charge in [-0.25, -0.2) is 14.9 Å². The average Bonchev–Trinajstić information content (AvgIpc) is 2.34. The van der Waals surface area contributed by atoms with Crippen LogP contribution in [0, 0.1) is 20.2 Å². The van der Waals surface area contributed by atoms with Gasteiger partial charge < -0.3 is 9.84 Å². The Labute approximate surface area is 110 Å². The molecule has 1 rings (SSSR count). The molecule has 0 radical (unpaired) electrons. The fourth-order valence-corrected chi connectivity index (χ4v) is 1.31. The van der Waals surface area contributed by atoms with E-state index >= 15 is 0 Å². The van der Waals surface area contributed by atoms with E-state index in [1.165, 1.54) is 5.32 Å². The number of amides is 2. The summed E-state index contributed by atoms with van der Waals surface area (Å²) < 4.78 is 4.38. The highest BCUT2D eigenvalue weighted by Crippen LogP contribution is 2.28. The van der Waals surface area contributed by atoms with Gasteiger partial charge in [0, 0.05) is 12.1 Å². The van der Waals surface area contributed by atoms with E-state index < -0.39 is 45.6 Å². The van der Waals surface area contributed by atoms with Crippen molar-refractivity contribution in [3.63, 3.8) is 0 Å². The molecule has 2 N–H and O–H groups in total. The Bertz CT molecular complexity index is 552. The Morgan fingerprint density at radius 1 is 1.20 bits per heavy atom. The molecule has 11 heteroatoms. The first kappa shape index (κ1) is 14.8. The number of hydrogen-bond donors (Lipinski definition) is 2. The summed E-state index contributed by atoms with van der Waals surface area (Å²) in [6.45, 7) is -0.813. The molecule has 0 aromatic heterocycles. The Morgan fingerprint density at radius 2 is 1.70 bits per heavy atom. The first-order chi connectivity index (χ1) is 9.32. The van der Waals surface area contributed by atoms with E-state index in [4.69, 9.17) is 5.11 Å². The molecule has 1 aromatic rings. The van der Waals surface area contributed by atoms with E-state index in [0.717, 1.165) is 18.2 Å². The molecule has 20 heavy (non-hydrogen) atoms. The number of hydrogen-bond acceptors (Lipinski definition) is 7. The van der Waals surface area contributed by atoms with Crippen LogP contribution in [0.4, 0.5) is 21.0 Å². The molecule has 0 saturated carbocycles. The number of nitro groups is 2. The van der Waals surface area contributed by atoms with E-state index in [9.17, 15) is 29.8 Å². The van der Waals surface area contributed by atoms with Gasteiger partial charge in [-0.3, -0.25) is 20.2 Å². The lowest BCUT2D eigenvalue weighted by Gasteiger charge is -2.05. The van der Waals surface area contributed by atoms with E-state index in [-0.39, 0.29) is 0 Å². The van der Waals surface area contributed by atoms with Crippen molar-refractivity contribution in [2.75, 3.05) is 0 Å².